The average molecular weight is 445 g/mol. The van der Waals surface area contributed by atoms with Gasteiger partial charge in [-0.2, -0.15) is 0 Å². The number of rotatable bonds is 10. The lowest BCUT2D eigenvalue weighted by Gasteiger charge is -2.11. The van der Waals surface area contributed by atoms with Gasteiger partial charge in [0.1, 0.15) is 17.3 Å². The van der Waals surface area contributed by atoms with Crippen LogP contribution in [0.3, 0.4) is 0 Å². The number of carbonyl (C=O) groups is 1. The highest BCUT2D eigenvalue weighted by atomic mass is 16.5. The third-order valence-corrected chi connectivity index (χ3v) is 5.51. The second-order valence-corrected chi connectivity index (χ2v) is 7.72. The largest absolute Gasteiger partial charge is 0.497 e. The Bertz CT molecular complexity index is 1200. The van der Waals surface area contributed by atoms with Crippen LogP contribution in [0.1, 0.15) is 25.7 Å². The SMILES string of the molecule is COC(=O)CCCCCOc1ccc2nc(-c3ccccc3)n(-c3ccc(OC)cc3)c2c1. The molecule has 0 spiro atoms. The number of hydrogen-bond acceptors (Lipinski definition) is 5. The first-order chi connectivity index (χ1) is 16.2. The predicted molar refractivity (Wildman–Crippen MR) is 129 cm³/mol. The first-order valence-corrected chi connectivity index (χ1v) is 11.1. The number of ether oxygens (including phenoxy) is 3. The summed E-state index contributed by atoms with van der Waals surface area (Å²) in [7, 11) is 3.08. The quantitative estimate of drug-likeness (QED) is 0.228. The van der Waals surface area contributed by atoms with E-state index in [1.807, 2.05) is 60.7 Å². The van der Waals surface area contributed by atoms with E-state index in [2.05, 4.69) is 21.4 Å². The Balaban J connectivity index is 1.59. The van der Waals surface area contributed by atoms with Crippen molar-refractivity contribution in [3.05, 3.63) is 72.8 Å². The van der Waals surface area contributed by atoms with Crippen LogP contribution in [0, 0.1) is 0 Å². The molecule has 4 rings (SSSR count). The molecule has 1 aromatic heterocycles. The number of methoxy groups -OCH3 is 2. The molecule has 0 aliphatic rings. The van der Waals surface area contributed by atoms with Crippen LogP contribution in [0.5, 0.6) is 11.5 Å². The number of carbonyl (C=O) groups excluding carboxylic acids is 1. The molecule has 0 aliphatic heterocycles. The maximum absolute atomic E-state index is 11.2. The molecule has 0 N–H and O–H groups in total. The van der Waals surface area contributed by atoms with Gasteiger partial charge in [-0.25, -0.2) is 4.98 Å². The Labute approximate surface area is 193 Å². The van der Waals surface area contributed by atoms with Crippen LogP contribution in [0.15, 0.2) is 72.8 Å². The van der Waals surface area contributed by atoms with E-state index in [-0.39, 0.29) is 5.97 Å². The van der Waals surface area contributed by atoms with Crippen molar-refractivity contribution in [1.82, 2.24) is 9.55 Å². The second-order valence-electron chi connectivity index (χ2n) is 7.72. The van der Waals surface area contributed by atoms with Crippen LogP contribution in [0.25, 0.3) is 28.1 Å². The van der Waals surface area contributed by atoms with Gasteiger partial charge in [-0.3, -0.25) is 9.36 Å². The Morgan fingerprint density at radius 3 is 2.36 bits per heavy atom. The molecule has 0 fully saturated rings. The van der Waals surface area contributed by atoms with Crippen molar-refractivity contribution in [1.29, 1.82) is 0 Å². The van der Waals surface area contributed by atoms with Crippen molar-refractivity contribution in [3.63, 3.8) is 0 Å². The van der Waals surface area contributed by atoms with E-state index in [9.17, 15) is 4.79 Å². The summed E-state index contributed by atoms with van der Waals surface area (Å²) >= 11 is 0. The summed E-state index contributed by atoms with van der Waals surface area (Å²) in [4.78, 5) is 16.1. The zero-order chi connectivity index (χ0) is 23.0. The molecule has 3 aromatic carbocycles. The maximum Gasteiger partial charge on any atom is 0.305 e. The van der Waals surface area contributed by atoms with E-state index in [0.29, 0.717) is 13.0 Å². The van der Waals surface area contributed by atoms with Gasteiger partial charge in [0.15, 0.2) is 0 Å². The van der Waals surface area contributed by atoms with E-state index in [1.54, 1.807) is 7.11 Å². The Hall–Kier alpha value is -3.80. The molecule has 4 aromatic rings. The number of fused-ring (bicyclic) bond motifs is 1. The van der Waals surface area contributed by atoms with Gasteiger partial charge in [0.2, 0.25) is 0 Å². The molecule has 0 amide bonds. The van der Waals surface area contributed by atoms with Gasteiger partial charge in [-0.15, -0.1) is 0 Å². The Morgan fingerprint density at radius 1 is 0.879 bits per heavy atom. The van der Waals surface area contributed by atoms with Crippen LogP contribution in [0.2, 0.25) is 0 Å². The fourth-order valence-corrected chi connectivity index (χ4v) is 3.76. The van der Waals surface area contributed by atoms with E-state index >= 15 is 0 Å². The minimum Gasteiger partial charge on any atom is -0.497 e. The van der Waals surface area contributed by atoms with Gasteiger partial charge in [0, 0.05) is 23.7 Å². The van der Waals surface area contributed by atoms with Crippen LogP contribution >= 0.6 is 0 Å². The summed E-state index contributed by atoms with van der Waals surface area (Å²) in [5.41, 5.74) is 3.91. The van der Waals surface area contributed by atoms with Crippen molar-refractivity contribution in [3.8, 4) is 28.6 Å². The van der Waals surface area contributed by atoms with Gasteiger partial charge in [0.25, 0.3) is 0 Å². The van der Waals surface area contributed by atoms with Crippen molar-refractivity contribution in [2.24, 2.45) is 0 Å². The molecule has 0 atom stereocenters. The molecular formula is C27H28N2O4. The molecule has 0 saturated carbocycles. The van der Waals surface area contributed by atoms with E-state index in [1.165, 1.54) is 7.11 Å². The lowest BCUT2D eigenvalue weighted by atomic mass is 10.2. The summed E-state index contributed by atoms with van der Waals surface area (Å²) in [5, 5.41) is 0. The van der Waals surface area contributed by atoms with Crippen molar-refractivity contribution >= 4 is 17.0 Å². The van der Waals surface area contributed by atoms with Gasteiger partial charge in [-0.1, -0.05) is 30.3 Å². The van der Waals surface area contributed by atoms with Crippen molar-refractivity contribution in [2.45, 2.75) is 25.7 Å². The third-order valence-electron chi connectivity index (χ3n) is 5.51. The average Bonchev–Trinajstić information content (AvgIpc) is 3.25. The molecule has 170 valence electrons. The van der Waals surface area contributed by atoms with Crippen molar-refractivity contribution < 1.29 is 19.0 Å². The van der Waals surface area contributed by atoms with Crippen LogP contribution in [-0.4, -0.2) is 36.3 Å². The van der Waals surface area contributed by atoms with Crippen molar-refractivity contribution in [2.75, 3.05) is 20.8 Å². The van der Waals surface area contributed by atoms with Gasteiger partial charge < -0.3 is 14.2 Å². The van der Waals surface area contributed by atoms with E-state index < -0.39 is 0 Å². The van der Waals surface area contributed by atoms with Gasteiger partial charge in [0.05, 0.1) is 31.9 Å². The minimum atomic E-state index is -0.164. The molecule has 0 aliphatic carbocycles. The second kappa shape index (κ2) is 10.7. The molecule has 0 saturated heterocycles. The zero-order valence-corrected chi connectivity index (χ0v) is 19.0. The summed E-state index contributed by atoms with van der Waals surface area (Å²) in [5.74, 6) is 2.31. The summed E-state index contributed by atoms with van der Waals surface area (Å²) in [6.07, 6.45) is 3.05. The fourth-order valence-electron chi connectivity index (χ4n) is 3.76. The van der Waals surface area contributed by atoms with Crippen LogP contribution in [0.4, 0.5) is 0 Å². The number of esters is 1. The standard InChI is InChI=1S/C27H28N2O4/c1-31-22-14-12-21(13-15-22)29-25-19-23(33-18-8-4-7-11-26(30)32-2)16-17-24(25)28-27(29)20-9-5-3-6-10-20/h3,5-6,9-10,12-17,19H,4,7-8,11,18H2,1-2H3. The predicted octanol–water partition coefficient (Wildman–Crippen LogP) is 5.81. The van der Waals surface area contributed by atoms with Crippen LogP contribution < -0.4 is 9.47 Å². The number of benzene rings is 3. The number of unbranched alkanes of at least 4 members (excludes halogenated alkanes) is 2. The molecule has 0 bridgehead atoms. The monoisotopic (exact) mass is 444 g/mol. The lowest BCUT2D eigenvalue weighted by molar-refractivity contribution is -0.140. The Kier molecular flexibility index (Phi) is 7.25. The summed E-state index contributed by atoms with van der Waals surface area (Å²) in [6, 6.07) is 24.1. The molecule has 1 heterocycles. The van der Waals surface area contributed by atoms with Gasteiger partial charge >= 0.3 is 5.97 Å². The molecule has 0 unspecified atom stereocenters. The lowest BCUT2D eigenvalue weighted by Crippen LogP contribution is -2.01. The first kappa shape index (κ1) is 22.4. The number of aromatic nitrogens is 2. The highest BCUT2D eigenvalue weighted by Gasteiger charge is 2.15. The number of hydrogen-bond donors (Lipinski definition) is 0. The number of imidazole rings is 1. The van der Waals surface area contributed by atoms with Gasteiger partial charge in [-0.05, 0) is 55.7 Å². The minimum absolute atomic E-state index is 0.164. The highest BCUT2D eigenvalue weighted by Crippen LogP contribution is 2.31. The van der Waals surface area contributed by atoms with E-state index in [4.69, 9.17) is 14.5 Å². The third kappa shape index (κ3) is 5.34. The van der Waals surface area contributed by atoms with Crippen LogP contribution in [-0.2, 0) is 9.53 Å². The Morgan fingerprint density at radius 2 is 1.64 bits per heavy atom. The zero-order valence-electron chi connectivity index (χ0n) is 19.0. The number of nitrogens with zero attached hydrogens (tertiary/aromatic N) is 2. The smallest absolute Gasteiger partial charge is 0.305 e. The summed E-state index contributed by atoms with van der Waals surface area (Å²) in [6.45, 7) is 0.592. The molecule has 33 heavy (non-hydrogen) atoms. The van der Waals surface area contributed by atoms with E-state index in [0.717, 1.165) is 58.9 Å². The normalized spacial score (nSPS) is 10.8. The topological polar surface area (TPSA) is 62.6 Å². The summed E-state index contributed by atoms with van der Waals surface area (Å²) < 4.78 is 18.2. The first-order valence-electron chi connectivity index (χ1n) is 11.1. The highest BCUT2D eigenvalue weighted by molar-refractivity contribution is 5.84. The molecule has 6 nitrogen and oxygen atoms in total. The molecule has 6 heteroatoms. The fraction of sp³-hybridized carbons (Fsp3) is 0.259. The maximum atomic E-state index is 11.2. The molecule has 0 radical (unpaired) electrons. The molecular weight excluding hydrogens is 416 g/mol.